The Morgan fingerprint density at radius 1 is 0.893 bits per heavy atom. The van der Waals surface area contributed by atoms with Crippen molar-refractivity contribution in [1.29, 1.82) is 0 Å². The molecule has 0 spiro atoms. The van der Waals surface area contributed by atoms with E-state index in [0.717, 1.165) is 37.7 Å². The van der Waals surface area contributed by atoms with Crippen molar-refractivity contribution in [2.45, 2.75) is 103 Å². The number of hydrogen-bond acceptors (Lipinski definition) is 4. The normalized spacial score (nSPS) is 12.4. The number of hydrogen-bond donors (Lipinski definition) is 0. The standard InChI is InChI=1S/C22H38O4S.Na/c1-4-7-9-11-14-19-16-17-21(20(18-19)15-12-10-8-5-2)26-22(13-6-3)27(23,24)25;/h16-18,22H,4-15H2,1-3H3,(H,23,24,25);/q;+1/p-1. The van der Waals surface area contributed by atoms with Gasteiger partial charge in [-0.25, -0.2) is 8.42 Å². The van der Waals surface area contributed by atoms with Crippen molar-refractivity contribution in [2.24, 2.45) is 0 Å². The molecule has 0 saturated heterocycles. The quantitative estimate of drug-likeness (QED) is 0.249. The molecule has 4 nitrogen and oxygen atoms in total. The Bertz CT molecular complexity index is 631. The SMILES string of the molecule is CCCCCCc1ccc(OC(CCC)S(=O)(=O)[O-])c(CCCCCC)c1.[Na+]. The van der Waals surface area contributed by atoms with E-state index in [1.807, 2.05) is 19.1 Å². The first-order valence-corrected chi connectivity index (χ1v) is 12.1. The van der Waals surface area contributed by atoms with Gasteiger partial charge in [-0.05, 0) is 49.3 Å². The number of unbranched alkanes of at least 4 members (excludes halogenated alkanes) is 6. The van der Waals surface area contributed by atoms with Gasteiger partial charge in [0.2, 0.25) is 0 Å². The molecule has 0 saturated carbocycles. The Balaban J connectivity index is 0.00000729. The monoisotopic (exact) mass is 420 g/mol. The van der Waals surface area contributed by atoms with Gasteiger partial charge in [-0.2, -0.15) is 0 Å². The second kappa shape index (κ2) is 15.7. The average molecular weight is 421 g/mol. The summed E-state index contributed by atoms with van der Waals surface area (Å²) in [7, 11) is -4.47. The van der Waals surface area contributed by atoms with Crippen molar-refractivity contribution in [2.75, 3.05) is 0 Å². The van der Waals surface area contributed by atoms with Gasteiger partial charge in [0.1, 0.15) is 15.9 Å². The second-order valence-electron chi connectivity index (χ2n) is 7.39. The Labute approximate surface area is 194 Å². The first kappa shape index (κ1) is 27.9. The van der Waals surface area contributed by atoms with E-state index in [1.54, 1.807) is 0 Å². The predicted octanol–water partition coefficient (Wildman–Crippen LogP) is 2.99. The zero-order valence-corrected chi connectivity index (χ0v) is 21.2. The molecule has 0 heterocycles. The molecule has 0 fully saturated rings. The van der Waals surface area contributed by atoms with Crippen LogP contribution in [0.2, 0.25) is 0 Å². The second-order valence-corrected chi connectivity index (χ2v) is 8.90. The van der Waals surface area contributed by atoms with E-state index in [4.69, 9.17) is 4.74 Å². The molecule has 0 amide bonds. The van der Waals surface area contributed by atoms with Crippen LogP contribution in [0.5, 0.6) is 5.75 Å². The van der Waals surface area contributed by atoms with Gasteiger partial charge in [0, 0.05) is 0 Å². The molecule has 1 unspecified atom stereocenters. The van der Waals surface area contributed by atoms with Crippen LogP contribution in [0.1, 0.15) is 96.1 Å². The van der Waals surface area contributed by atoms with Gasteiger partial charge in [-0.3, -0.25) is 0 Å². The summed E-state index contributed by atoms with van der Waals surface area (Å²) in [6.07, 6.45) is 12.1. The minimum absolute atomic E-state index is 0. The summed E-state index contributed by atoms with van der Waals surface area (Å²) in [5.74, 6) is 0.557. The first-order valence-electron chi connectivity index (χ1n) is 10.7. The largest absolute Gasteiger partial charge is 1.00 e. The van der Waals surface area contributed by atoms with Crippen molar-refractivity contribution in [3.63, 3.8) is 0 Å². The van der Waals surface area contributed by atoms with Crippen LogP contribution in [-0.2, 0) is 23.0 Å². The molecular weight excluding hydrogens is 383 g/mol. The third-order valence-corrected chi connectivity index (χ3v) is 5.82. The third kappa shape index (κ3) is 11.2. The number of benzene rings is 1. The van der Waals surface area contributed by atoms with Crippen LogP contribution < -0.4 is 34.3 Å². The number of ether oxygens (including phenoxy) is 1. The molecule has 0 aliphatic rings. The van der Waals surface area contributed by atoms with Crippen LogP contribution in [0.25, 0.3) is 0 Å². The third-order valence-electron chi connectivity index (χ3n) is 4.85. The maximum Gasteiger partial charge on any atom is 1.00 e. The Kier molecular flexibility index (Phi) is 15.7. The van der Waals surface area contributed by atoms with E-state index in [9.17, 15) is 13.0 Å². The molecule has 156 valence electrons. The summed E-state index contributed by atoms with van der Waals surface area (Å²) in [4.78, 5) is 0. The Hall–Kier alpha value is -0.0700. The van der Waals surface area contributed by atoms with E-state index >= 15 is 0 Å². The van der Waals surface area contributed by atoms with Gasteiger partial charge in [0.25, 0.3) is 0 Å². The molecule has 6 heteroatoms. The minimum Gasteiger partial charge on any atom is -0.745 e. The van der Waals surface area contributed by atoms with Crippen LogP contribution in [0, 0.1) is 0 Å². The number of rotatable bonds is 15. The van der Waals surface area contributed by atoms with Gasteiger partial charge in [0.15, 0.2) is 5.44 Å². The minimum atomic E-state index is -4.47. The van der Waals surface area contributed by atoms with Gasteiger partial charge in [-0.1, -0.05) is 77.8 Å². The van der Waals surface area contributed by atoms with Crippen LogP contribution >= 0.6 is 0 Å². The molecule has 1 aromatic rings. The summed E-state index contributed by atoms with van der Waals surface area (Å²) in [6, 6.07) is 6.02. The predicted molar refractivity (Wildman–Crippen MR) is 111 cm³/mol. The van der Waals surface area contributed by atoms with E-state index in [-0.39, 0.29) is 36.0 Å². The van der Waals surface area contributed by atoms with E-state index < -0.39 is 15.6 Å². The van der Waals surface area contributed by atoms with Gasteiger partial charge < -0.3 is 9.29 Å². The van der Waals surface area contributed by atoms with Crippen molar-refractivity contribution < 1.29 is 47.3 Å². The van der Waals surface area contributed by atoms with Gasteiger partial charge in [-0.15, -0.1) is 0 Å². The van der Waals surface area contributed by atoms with Crippen molar-refractivity contribution in [1.82, 2.24) is 0 Å². The fourth-order valence-corrected chi connectivity index (χ4v) is 3.98. The zero-order chi connectivity index (χ0) is 20.1. The molecule has 0 aliphatic carbocycles. The van der Waals surface area contributed by atoms with Crippen LogP contribution in [0.3, 0.4) is 0 Å². The summed E-state index contributed by atoms with van der Waals surface area (Å²) in [5, 5.41) is 0. The van der Waals surface area contributed by atoms with Crippen LogP contribution in [0.15, 0.2) is 18.2 Å². The van der Waals surface area contributed by atoms with Crippen molar-refractivity contribution in [3.8, 4) is 5.75 Å². The van der Waals surface area contributed by atoms with Crippen LogP contribution in [-0.4, -0.2) is 18.4 Å². The zero-order valence-electron chi connectivity index (χ0n) is 18.3. The summed E-state index contributed by atoms with van der Waals surface area (Å²) >= 11 is 0. The Morgan fingerprint density at radius 3 is 2.04 bits per heavy atom. The molecule has 0 N–H and O–H groups in total. The Morgan fingerprint density at radius 2 is 1.50 bits per heavy atom. The molecule has 28 heavy (non-hydrogen) atoms. The molecule has 0 bridgehead atoms. The maximum atomic E-state index is 11.5. The van der Waals surface area contributed by atoms with E-state index in [0.29, 0.717) is 12.2 Å². The molecule has 0 radical (unpaired) electrons. The fourth-order valence-electron chi connectivity index (χ4n) is 3.24. The number of aryl methyl sites for hydroxylation is 2. The van der Waals surface area contributed by atoms with E-state index in [1.165, 1.54) is 37.7 Å². The average Bonchev–Trinajstić information content (AvgIpc) is 2.62. The topological polar surface area (TPSA) is 66.4 Å². The maximum absolute atomic E-state index is 11.5. The fraction of sp³-hybridized carbons (Fsp3) is 0.727. The summed E-state index contributed by atoms with van der Waals surface area (Å²) < 4.78 is 40.3. The van der Waals surface area contributed by atoms with Crippen molar-refractivity contribution >= 4 is 10.1 Å². The first-order chi connectivity index (χ1) is 12.9. The van der Waals surface area contributed by atoms with Crippen molar-refractivity contribution in [3.05, 3.63) is 29.3 Å². The molecular formula is C22H37NaO4S. The molecule has 0 aromatic heterocycles. The molecule has 1 atom stereocenters. The summed E-state index contributed by atoms with van der Waals surface area (Å²) in [6.45, 7) is 6.24. The summed E-state index contributed by atoms with van der Waals surface area (Å²) in [5.41, 5.74) is 0.997. The van der Waals surface area contributed by atoms with E-state index in [2.05, 4.69) is 19.9 Å². The molecule has 1 rings (SSSR count). The smallest absolute Gasteiger partial charge is 0.745 e. The van der Waals surface area contributed by atoms with Crippen LogP contribution in [0.4, 0.5) is 0 Å². The van der Waals surface area contributed by atoms with Gasteiger partial charge >= 0.3 is 29.6 Å². The molecule has 0 aliphatic heterocycles. The van der Waals surface area contributed by atoms with Gasteiger partial charge in [0.05, 0.1) is 0 Å². The molecule has 1 aromatic carbocycles.